The van der Waals surface area contributed by atoms with E-state index >= 15 is 0 Å². The first-order chi connectivity index (χ1) is 1.73. The molecule has 0 atom stereocenters. The van der Waals surface area contributed by atoms with Crippen LogP contribution in [0, 0.1) is 0 Å². The molecule has 0 aromatic heterocycles. The minimum atomic E-state index is -2.92. The van der Waals surface area contributed by atoms with Gasteiger partial charge in [-0.1, -0.05) is 0 Å². The Bertz CT molecular complexity index is 15.5. The van der Waals surface area contributed by atoms with E-state index in [-0.39, 0.29) is 35.9 Å². The van der Waals surface area contributed by atoms with Crippen LogP contribution in [0.25, 0.3) is 0 Å². The number of rotatable bonds is 0. The predicted octanol–water partition coefficient (Wildman–Crippen LogP) is -6.95. The Morgan fingerprint density at radius 2 is 1.00 bits per heavy atom. The van der Waals surface area contributed by atoms with Crippen LogP contribution in [0.15, 0.2) is 0 Å². The van der Waals surface area contributed by atoms with Gasteiger partial charge in [0.15, 0.2) is 0 Å². The van der Waals surface area contributed by atoms with Crippen molar-refractivity contribution in [3.63, 3.8) is 0 Å². The molecule has 0 saturated carbocycles. The summed E-state index contributed by atoms with van der Waals surface area (Å²) in [4.78, 5) is 0. The van der Waals surface area contributed by atoms with E-state index in [2.05, 4.69) is 0 Å². The average Bonchev–Trinajstić information content (AvgIpc) is 0.811. The SMILES string of the molecule is [Cu+2].[Li+].[O-]B([O-])[O-]. The second-order valence-corrected chi connectivity index (χ2v) is 0.289. The van der Waals surface area contributed by atoms with Crippen LogP contribution in [0.1, 0.15) is 0 Å². The molecular formula is BCuLiO3. The standard InChI is InChI=1S/BO3.Cu.Li/c2-1(3)4;;/q-3;+2;+1. The van der Waals surface area contributed by atoms with Crippen molar-refractivity contribution < 1.29 is 51.0 Å². The van der Waals surface area contributed by atoms with E-state index < -0.39 is 7.32 Å². The zero-order chi connectivity index (χ0) is 3.58. The van der Waals surface area contributed by atoms with Crippen LogP contribution in [0.5, 0.6) is 0 Å². The summed E-state index contributed by atoms with van der Waals surface area (Å²) in [5.41, 5.74) is 0. The van der Waals surface area contributed by atoms with E-state index in [1.54, 1.807) is 0 Å². The Kier molecular flexibility index (Phi) is 24.7. The number of hydrogen-bond donors (Lipinski definition) is 0. The van der Waals surface area contributed by atoms with Gasteiger partial charge in [0.2, 0.25) is 0 Å². The van der Waals surface area contributed by atoms with E-state index in [1.807, 2.05) is 0 Å². The van der Waals surface area contributed by atoms with Crippen LogP contribution < -0.4 is 33.9 Å². The molecule has 0 unspecified atom stereocenters. The summed E-state index contributed by atoms with van der Waals surface area (Å²) in [6.07, 6.45) is 0. The topological polar surface area (TPSA) is 69.2 Å². The van der Waals surface area contributed by atoms with Gasteiger partial charge in [-0.2, -0.15) is 0 Å². The van der Waals surface area contributed by atoms with E-state index in [0.29, 0.717) is 0 Å². The molecule has 0 spiro atoms. The monoisotopic (exact) mass is 129 g/mol. The molecule has 0 aromatic rings. The maximum atomic E-state index is 8.42. The Morgan fingerprint density at radius 1 is 1.00 bits per heavy atom. The van der Waals surface area contributed by atoms with Gasteiger partial charge in [0.1, 0.15) is 0 Å². The van der Waals surface area contributed by atoms with Crippen LogP contribution in [-0.4, -0.2) is 7.32 Å². The molecule has 0 amide bonds. The summed E-state index contributed by atoms with van der Waals surface area (Å²) < 4.78 is 0. The third-order valence-corrected chi connectivity index (χ3v) is 0. The smallest absolute Gasteiger partial charge is 0.907 e. The van der Waals surface area contributed by atoms with Gasteiger partial charge < -0.3 is 15.1 Å². The van der Waals surface area contributed by atoms with Gasteiger partial charge in [0, 0.05) is 0 Å². The third-order valence-electron chi connectivity index (χ3n) is 0. The van der Waals surface area contributed by atoms with Crippen LogP contribution in [0.2, 0.25) is 0 Å². The summed E-state index contributed by atoms with van der Waals surface area (Å²) in [6, 6.07) is 0. The molecule has 6 heteroatoms. The zero-order valence-electron chi connectivity index (χ0n) is 3.10. The normalized spacial score (nSPS) is 4.50. The first-order valence-electron chi connectivity index (χ1n) is 0.707. The maximum Gasteiger partial charge on any atom is 2.00 e. The van der Waals surface area contributed by atoms with Crippen LogP contribution in [0.4, 0.5) is 0 Å². The molecule has 0 N–H and O–H groups in total. The van der Waals surface area contributed by atoms with E-state index in [1.165, 1.54) is 0 Å². The second-order valence-electron chi connectivity index (χ2n) is 0.289. The molecule has 0 rings (SSSR count). The number of hydrogen-bond acceptors (Lipinski definition) is 3. The minimum Gasteiger partial charge on any atom is -0.907 e. The predicted molar refractivity (Wildman–Crippen MR) is 5.75 cm³/mol. The molecule has 0 aliphatic heterocycles. The van der Waals surface area contributed by atoms with Gasteiger partial charge in [-0.15, -0.1) is 0 Å². The molecule has 3 nitrogen and oxygen atoms in total. The van der Waals surface area contributed by atoms with Gasteiger partial charge in [-0.25, -0.2) is 0 Å². The minimum absolute atomic E-state index is 0. The van der Waals surface area contributed by atoms with Crippen LogP contribution >= 0.6 is 0 Å². The summed E-state index contributed by atoms with van der Waals surface area (Å²) in [5, 5.41) is 25.2. The van der Waals surface area contributed by atoms with E-state index in [0.717, 1.165) is 0 Å². The summed E-state index contributed by atoms with van der Waals surface area (Å²) in [6.45, 7) is 0. The molecule has 0 fully saturated rings. The third kappa shape index (κ3) is 74.1. The van der Waals surface area contributed by atoms with Gasteiger partial charge in [0.25, 0.3) is 0 Å². The van der Waals surface area contributed by atoms with Crippen molar-refractivity contribution in [2.45, 2.75) is 0 Å². The molecule has 0 heterocycles. The van der Waals surface area contributed by atoms with Crippen LogP contribution in [0.3, 0.4) is 0 Å². The Balaban J connectivity index is -0.0000000450. The van der Waals surface area contributed by atoms with Crippen molar-refractivity contribution >= 4 is 7.32 Å². The van der Waals surface area contributed by atoms with Gasteiger partial charge in [-0.05, 0) is 0 Å². The van der Waals surface area contributed by atoms with Crippen molar-refractivity contribution in [2.24, 2.45) is 0 Å². The first kappa shape index (κ1) is 15.7. The molecule has 0 aromatic carbocycles. The summed E-state index contributed by atoms with van der Waals surface area (Å²) in [7, 11) is -2.92. The Hall–Kier alpha value is 1.06. The Morgan fingerprint density at radius 3 is 1.00 bits per heavy atom. The van der Waals surface area contributed by atoms with Gasteiger partial charge >= 0.3 is 35.9 Å². The van der Waals surface area contributed by atoms with Crippen molar-refractivity contribution in [1.82, 2.24) is 0 Å². The van der Waals surface area contributed by atoms with Crippen molar-refractivity contribution in [1.29, 1.82) is 0 Å². The molecule has 0 aliphatic carbocycles. The summed E-state index contributed by atoms with van der Waals surface area (Å²) in [5.74, 6) is 0. The fourth-order valence-corrected chi connectivity index (χ4v) is 0. The quantitative estimate of drug-likeness (QED) is 0.305. The van der Waals surface area contributed by atoms with Crippen LogP contribution in [-0.2, 0) is 17.1 Å². The van der Waals surface area contributed by atoms with Crippen molar-refractivity contribution in [3.8, 4) is 0 Å². The zero-order valence-corrected chi connectivity index (χ0v) is 4.05. The fraction of sp³-hybridized carbons (Fsp3) is 0. The molecule has 6 heavy (non-hydrogen) atoms. The molecular weight excluding hydrogens is 129 g/mol. The first-order valence-corrected chi connectivity index (χ1v) is 0.707. The van der Waals surface area contributed by atoms with E-state index in [4.69, 9.17) is 15.1 Å². The molecule has 0 aliphatic rings. The molecule has 0 saturated heterocycles. The second kappa shape index (κ2) is 9.41. The molecule has 0 bridgehead atoms. The molecule has 1 radical (unpaired) electrons. The largest absolute Gasteiger partial charge is 2.00 e. The van der Waals surface area contributed by atoms with Crippen molar-refractivity contribution in [3.05, 3.63) is 0 Å². The van der Waals surface area contributed by atoms with Gasteiger partial charge in [-0.3, -0.25) is 7.32 Å². The maximum absolute atomic E-state index is 8.42. The average molecular weight is 129 g/mol. The Labute approximate surface area is 58.6 Å². The molecule has 33 valence electrons. The summed E-state index contributed by atoms with van der Waals surface area (Å²) >= 11 is 0. The van der Waals surface area contributed by atoms with E-state index in [9.17, 15) is 0 Å². The fourth-order valence-electron chi connectivity index (χ4n) is 0. The van der Waals surface area contributed by atoms with Gasteiger partial charge in [0.05, 0.1) is 0 Å². The van der Waals surface area contributed by atoms with Crippen molar-refractivity contribution in [2.75, 3.05) is 0 Å².